The minimum Gasteiger partial charge on any atom is -0.493 e. The Labute approximate surface area is 102 Å². The summed E-state index contributed by atoms with van der Waals surface area (Å²) in [4.78, 5) is 0. The molecule has 1 aliphatic heterocycles. The molecular weight excluding hydrogens is 218 g/mol. The van der Waals surface area contributed by atoms with Crippen LogP contribution in [-0.2, 0) is 6.42 Å². The standard InChI is InChI=1S/C13H19NO3/c1-13(2,14)8-9-6-10(15-3)12-11(7-9)16-4-5-17-12/h6-7H,4-5,8,14H2,1-3H3. The molecular formula is C13H19NO3. The van der Waals surface area contributed by atoms with Gasteiger partial charge in [-0.3, -0.25) is 0 Å². The minimum atomic E-state index is -0.255. The molecule has 2 N–H and O–H groups in total. The van der Waals surface area contributed by atoms with Crippen molar-refractivity contribution in [2.24, 2.45) is 5.73 Å². The van der Waals surface area contributed by atoms with E-state index in [1.165, 1.54) is 0 Å². The van der Waals surface area contributed by atoms with Gasteiger partial charge in [0.05, 0.1) is 7.11 Å². The van der Waals surface area contributed by atoms with Crippen molar-refractivity contribution in [3.8, 4) is 17.2 Å². The second kappa shape index (κ2) is 4.45. The molecule has 0 amide bonds. The summed E-state index contributed by atoms with van der Waals surface area (Å²) in [6, 6.07) is 3.94. The van der Waals surface area contributed by atoms with Crippen LogP contribution in [0.15, 0.2) is 12.1 Å². The third-order valence-corrected chi connectivity index (χ3v) is 2.55. The Morgan fingerprint density at radius 1 is 1.29 bits per heavy atom. The highest BCUT2D eigenvalue weighted by Crippen LogP contribution is 2.40. The van der Waals surface area contributed by atoms with Crippen LogP contribution in [0.1, 0.15) is 19.4 Å². The molecule has 1 aromatic carbocycles. The van der Waals surface area contributed by atoms with E-state index in [1.807, 2.05) is 26.0 Å². The van der Waals surface area contributed by atoms with Gasteiger partial charge in [0.1, 0.15) is 13.2 Å². The number of benzene rings is 1. The van der Waals surface area contributed by atoms with Crippen molar-refractivity contribution in [2.75, 3.05) is 20.3 Å². The predicted octanol–water partition coefficient (Wildman–Crippen LogP) is 1.75. The van der Waals surface area contributed by atoms with Gasteiger partial charge in [0.15, 0.2) is 11.5 Å². The normalized spacial score (nSPS) is 14.6. The Hall–Kier alpha value is -1.42. The average Bonchev–Trinajstić information content (AvgIpc) is 2.25. The van der Waals surface area contributed by atoms with Gasteiger partial charge in [-0.2, -0.15) is 0 Å². The molecule has 0 fully saturated rings. The largest absolute Gasteiger partial charge is 0.493 e. The highest BCUT2D eigenvalue weighted by molar-refractivity contribution is 5.54. The Morgan fingerprint density at radius 2 is 2.00 bits per heavy atom. The first kappa shape index (κ1) is 12.0. The molecule has 1 heterocycles. The predicted molar refractivity (Wildman–Crippen MR) is 66.0 cm³/mol. The van der Waals surface area contributed by atoms with Crippen LogP contribution in [0.5, 0.6) is 17.2 Å². The van der Waals surface area contributed by atoms with E-state index in [-0.39, 0.29) is 5.54 Å². The van der Waals surface area contributed by atoms with Crippen LogP contribution in [0.25, 0.3) is 0 Å². The molecule has 1 aliphatic rings. The molecule has 0 radical (unpaired) electrons. The van der Waals surface area contributed by atoms with Crippen molar-refractivity contribution >= 4 is 0 Å². The van der Waals surface area contributed by atoms with Crippen LogP contribution >= 0.6 is 0 Å². The summed E-state index contributed by atoms with van der Waals surface area (Å²) in [5, 5.41) is 0. The molecule has 0 unspecified atom stereocenters. The van der Waals surface area contributed by atoms with E-state index in [4.69, 9.17) is 19.9 Å². The maximum Gasteiger partial charge on any atom is 0.203 e. The highest BCUT2D eigenvalue weighted by Gasteiger charge is 2.20. The zero-order valence-corrected chi connectivity index (χ0v) is 10.6. The lowest BCUT2D eigenvalue weighted by Gasteiger charge is -2.23. The Balaban J connectivity index is 2.36. The molecule has 2 rings (SSSR count). The van der Waals surface area contributed by atoms with Crippen LogP contribution in [-0.4, -0.2) is 25.9 Å². The van der Waals surface area contributed by atoms with E-state index in [2.05, 4.69) is 0 Å². The average molecular weight is 237 g/mol. The summed E-state index contributed by atoms with van der Waals surface area (Å²) in [6.07, 6.45) is 0.764. The number of rotatable bonds is 3. The molecule has 0 saturated heterocycles. The van der Waals surface area contributed by atoms with E-state index in [0.717, 1.165) is 17.7 Å². The maximum atomic E-state index is 6.02. The zero-order valence-electron chi connectivity index (χ0n) is 10.6. The van der Waals surface area contributed by atoms with E-state index in [1.54, 1.807) is 7.11 Å². The first-order chi connectivity index (χ1) is 7.99. The van der Waals surface area contributed by atoms with Gasteiger partial charge in [0, 0.05) is 5.54 Å². The second-order valence-corrected chi connectivity index (χ2v) is 4.99. The van der Waals surface area contributed by atoms with Crippen molar-refractivity contribution in [3.63, 3.8) is 0 Å². The summed E-state index contributed by atoms with van der Waals surface area (Å²) < 4.78 is 16.4. The van der Waals surface area contributed by atoms with Crippen molar-refractivity contribution < 1.29 is 14.2 Å². The molecule has 0 aromatic heterocycles. The SMILES string of the molecule is COc1cc(CC(C)(C)N)cc2c1OCCO2. The number of hydrogen-bond donors (Lipinski definition) is 1. The van der Waals surface area contributed by atoms with Crippen LogP contribution in [0.4, 0.5) is 0 Å². The van der Waals surface area contributed by atoms with Crippen molar-refractivity contribution in [1.82, 2.24) is 0 Å². The first-order valence-electron chi connectivity index (χ1n) is 5.75. The van der Waals surface area contributed by atoms with Gasteiger partial charge in [-0.1, -0.05) is 0 Å². The van der Waals surface area contributed by atoms with E-state index >= 15 is 0 Å². The van der Waals surface area contributed by atoms with Gasteiger partial charge in [-0.25, -0.2) is 0 Å². The number of fused-ring (bicyclic) bond motifs is 1. The second-order valence-electron chi connectivity index (χ2n) is 4.99. The highest BCUT2D eigenvalue weighted by atomic mass is 16.6. The Bertz CT molecular complexity index is 393. The topological polar surface area (TPSA) is 53.7 Å². The smallest absolute Gasteiger partial charge is 0.203 e. The molecule has 0 aliphatic carbocycles. The lowest BCUT2D eigenvalue weighted by Crippen LogP contribution is -2.34. The molecule has 0 spiro atoms. The van der Waals surface area contributed by atoms with Gasteiger partial charge in [0.25, 0.3) is 0 Å². The van der Waals surface area contributed by atoms with Gasteiger partial charge in [-0.15, -0.1) is 0 Å². The van der Waals surface area contributed by atoms with Gasteiger partial charge in [0.2, 0.25) is 5.75 Å². The fourth-order valence-corrected chi connectivity index (χ4v) is 1.96. The lowest BCUT2D eigenvalue weighted by molar-refractivity contribution is 0.165. The van der Waals surface area contributed by atoms with Crippen molar-refractivity contribution in [3.05, 3.63) is 17.7 Å². The number of ether oxygens (including phenoxy) is 3. The third kappa shape index (κ3) is 2.82. The van der Waals surface area contributed by atoms with Gasteiger partial charge in [-0.05, 0) is 38.0 Å². The fraction of sp³-hybridized carbons (Fsp3) is 0.538. The molecule has 4 heteroatoms. The van der Waals surface area contributed by atoms with E-state index in [0.29, 0.717) is 24.7 Å². The van der Waals surface area contributed by atoms with Crippen molar-refractivity contribution in [1.29, 1.82) is 0 Å². The van der Waals surface area contributed by atoms with Crippen LogP contribution in [0.3, 0.4) is 0 Å². The summed E-state index contributed by atoms with van der Waals surface area (Å²) in [5.74, 6) is 2.15. The zero-order chi connectivity index (χ0) is 12.5. The van der Waals surface area contributed by atoms with Crippen LogP contribution in [0.2, 0.25) is 0 Å². The number of hydrogen-bond acceptors (Lipinski definition) is 4. The third-order valence-electron chi connectivity index (χ3n) is 2.55. The molecule has 17 heavy (non-hydrogen) atoms. The molecule has 94 valence electrons. The van der Waals surface area contributed by atoms with Crippen LogP contribution in [0, 0.1) is 0 Å². The monoisotopic (exact) mass is 237 g/mol. The number of methoxy groups -OCH3 is 1. The number of nitrogens with two attached hydrogens (primary N) is 1. The quantitative estimate of drug-likeness (QED) is 0.870. The Morgan fingerprint density at radius 3 is 2.65 bits per heavy atom. The van der Waals surface area contributed by atoms with Crippen LogP contribution < -0.4 is 19.9 Å². The molecule has 0 saturated carbocycles. The molecule has 0 atom stereocenters. The molecule has 0 bridgehead atoms. The lowest BCUT2D eigenvalue weighted by atomic mass is 9.96. The summed E-state index contributed by atoms with van der Waals surface area (Å²) in [5.41, 5.74) is 6.86. The molecule has 1 aromatic rings. The van der Waals surface area contributed by atoms with Gasteiger partial charge >= 0.3 is 0 Å². The first-order valence-corrected chi connectivity index (χ1v) is 5.75. The van der Waals surface area contributed by atoms with E-state index < -0.39 is 0 Å². The summed E-state index contributed by atoms with van der Waals surface area (Å²) in [6.45, 7) is 5.13. The maximum absolute atomic E-state index is 6.02. The summed E-state index contributed by atoms with van der Waals surface area (Å²) >= 11 is 0. The summed E-state index contributed by atoms with van der Waals surface area (Å²) in [7, 11) is 1.63. The fourth-order valence-electron chi connectivity index (χ4n) is 1.96. The molecule has 4 nitrogen and oxygen atoms in total. The van der Waals surface area contributed by atoms with E-state index in [9.17, 15) is 0 Å². The minimum absolute atomic E-state index is 0.255. The van der Waals surface area contributed by atoms with Crippen molar-refractivity contribution in [2.45, 2.75) is 25.8 Å². The Kier molecular flexibility index (Phi) is 3.15. The van der Waals surface area contributed by atoms with Gasteiger partial charge < -0.3 is 19.9 Å².